The SMILES string of the molecule is CC(CCCN)Nc1nc(-c2c[nH]c3cc(C#N)ccc23)c(Cl)n2ccnc12. The van der Waals surface area contributed by atoms with Crippen molar-refractivity contribution in [1.82, 2.24) is 19.4 Å². The van der Waals surface area contributed by atoms with Gasteiger partial charge in [-0.15, -0.1) is 0 Å². The van der Waals surface area contributed by atoms with Gasteiger partial charge in [0, 0.05) is 41.1 Å². The molecule has 28 heavy (non-hydrogen) atoms. The number of aromatic nitrogens is 4. The highest BCUT2D eigenvalue weighted by molar-refractivity contribution is 6.32. The van der Waals surface area contributed by atoms with E-state index in [0.29, 0.717) is 34.4 Å². The summed E-state index contributed by atoms with van der Waals surface area (Å²) in [5.74, 6) is 0.678. The number of nitrogens with zero attached hydrogens (tertiary/aromatic N) is 4. The van der Waals surface area contributed by atoms with Crippen molar-refractivity contribution in [3.63, 3.8) is 0 Å². The lowest BCUT2D eigenvalue weighted by atomic mass is 10.1. The van der Waals surface area contributed by atoms with Crippen molar-refractivity contribution in [3.05, 3.63) is 47.5 Å². The first-order valence-electron chi connectivity index (χ1n) is 9.13. The summed E-state index contributed by atoms with van der Waals surface area (Å²) in [5, 5.41) is 14.0. The summed E-state index contributed by atoms with van der Waals surface area (Å²) >= 11 is 6.68. The Hall–Kier alpha value is -3.08. The van der Waals surface area contributed by atoms with Crippen LogP contribution in [0.1, 0.15) is 25.3 Å². The standard InChI is InChI=1S/C20H20ClN7/c1-12(3-2-6-22)26-19-20-24-7-8-28(20)18(21)17(27-19)15-11-25-16-9-13(10-23)4-5-14(15)16/h4-5,7-9,11-12,25H,2-3,6,22H2,1H3,(H,26,27). The van der Waals surface area contributed by atoms with Crippen LogP contribution in [-0.2, 0) is 0 Å². The molecule has 7 nitrogen and oxygen atoms in total. The fourth-order valence-corrected chi connectivity index (χ4v) is 3.63. The highest BCUT2D eigenvalue weighted by Crippen LogP contribution is 2.35. The molecule has 0 aliphatic heterocycles. The van der Waals surface area contributed by atoms with E-state index in [1.54, 1.807) is 12.3 Å². The molecule has 4 aromatic rings. The minimum Gasteiger partial charge on any atom is -0.365 e. The molecule has 4 N–H and O–H groups in total. The van der Waals surface area contributed by atoms with Gasteiger partial charge >= 0.3 is 0 Å². The van der Waals surface area contributed by atoms with Gasteiger partial charge in [-0.05, 0) is 38.4 Å². The number of hydrogen-bond acceptors (Lipinski definition) is 5. The van der Waals surface area contributed by atoms with Crippen LogP contribution in [-0.4, -0.2) is 31.9 Å². The average molecular weight is 394 g/mol. The molecule has 142 valence electrons. The van der Waals surface area contributed by atoms with Gasteiger partial charge in [0.15, 0.2) is 11.5 Å². The van der Waals surface area contributed by atoms with E-state index < -0.39 is 0 Å². The molecule has 1 unspecified atom stereocenters. The van der Waals surface area contributed by atoms with Gasteiger partial charge in [0.25, 0.3) is 0 Å². The van der Waals surface area contributed by atoms with E-state index in [0.717, 1.165) is 29.3 Å². The maximum Gasteiger partial charge on any atom is 0.181 e. The molecule has 8 heteroatoms. The predicted molar refractivity (Wildman–Crippen MR) is 111 cm³/mol. The molecule has 4 rings (SSSR count). The van der Waals surface area contributed by atoms with Crippen molar-refractivity contribution < 1.29 is 0 Å². The van der Waals surface area contributed by atoms with Crippen molar-refractivity contribution in [2.24, 2.45) is 5.73 Å². The molecule has 0 spiro atoms. The second-order valence-corrected chi connectivity index (χ2v) is 7.13. The molecule has 3 aromatic heterocycles. The second-order valence-electron chi connectivity index (χ2n) is 6.77. The van der Waals surface area contributed by atoms with E-state index in [9.17, 15) is 0 Å². The van der Waals surface area contributed by atoms with Crippen LogP contribution in [0.25, 0.3) is 27.8 Å². The summed E-state index contributed by atoms with van der Waals surface area (Å²) in [6.07, 6.45) is 7.26. The van der Waals surface area contributed by atoms with E-state index in [-0.39, 0.29) is 6.04 Å². The van der Waals surface area contributed by atoms with Crippen LogP contribution in [0.2, 0.25) is 5.15 Å². The molecule has 0 saturated heterocycles. The number of rotatable bonds is 6. The van der Waals surface area contributed by atoms with E-state index in [4.69, 9.17) is 27.6 Å². The van der Waals surface area contributed by atoms with E-state index in [1.807, 2.05) is 28.9 Å². The highest BCUT2D eigenvalue weighted by atomic mass is 35.5. The van der Waals surface area contributed by atoms with Crippen molar-refractivity contribution in [3.8, 4) is 17.3 Å². The topological polar surface area (TPSA) is 108 Å². The molecular formula is C20H20ClN7. The summed E-state index contributed by atoms with van der Waals surface area (Å²) in [4.78, 5) is 12.4. The number of nitrogens with one attached hydrogen (secondary N) is 2. The molecule has 0 bridgehead atoms. The molecule has 0 aliphatic rings. The van der Waals surface area contributed by atoms with Crippen molar-refractivity contribution >= 4 is 34.0 Å². The lowest BCUT2D eigenvalue weighted by molar-refractivity contribution is 0.661. The number of aromatic amines is 1. The van der Waals surface area contributed by atoms with Gasteiger partial charge < -0.3 is 16.0 Å². The van der Waals surface area contributed by atoms with Crippen LogP contribution < -0.4 is 11.1 Å². The number of imidazole rings is 1. The number of hydrogen-bond donors (Lipinski definition) is 3. The molecule has 0 amide bonds. The molecule has 0 aliphatic carbocycles. The molecule has 0 fully saturated rings. The molecule has 1 atom stereocenters. The Balaban J connectivity index is 1.83. The number of nitrogens with two attached hydrogens (primary N) is 1. The summed E-state index contributed by atoms with van der Waals surface area (Å²) in [5.41, 5.74) is 9.29. The van der Waals surface area contributed by atoms with Gasteiger partial charge in [0.2, 0.25) is 0 Å². The minimum atomic E-state index is 0.201. The van der Waals surface area contributed by atoms with Crippen LogP contribution in [0.4, 0.5) is 5.82 Å². The molecule has 3 heterocycles. The first-order valence-corrected chi connectivity index (χ1v) is 9.51. The summed E-state index contributed by atoms with van der Waals surface area (Å²) in [6, 6.07) is 7.87. The van der Waals surface area contributed by atoms with Crippen LogP contribution >= 0.6 is 11.6 Å². The predicted octanol–water partition coefficient (Wildman–Crippen LogP) is 3.94. The van der Waals surface area contributed by atoms with Gasteiger partial charge in [-0.2, -0.15) is 5.26 Å². The Bertz CT molecular complexity index is 1180. The maximum atomic E-state index is 9.12. The lowest BCUT2D eigenvalue weighted by Gasteiger charge is -2.16. The van der Waals surface area contributed by atoms with Crippen molar-refractivity contribution in [1.29, 1.82) is 5.26 Å². The van der Waals surface area contributed by atoms with E-state index >= 15 is 0 Å². The largest absolute Gasteiger partial charge is 0.365 e. The summed E-state index contributed by atoms with van der Waals surface area (Å²) < 4.78 is 1.82. The minimum absolute atomic E-state index is 0.201. The van der Waals surface area contributed by atoms with Crippen LogP contribution in [0.15, 0.2) is 36.8 Å². The highest BCUT2D eigenvalue weighted by Gasteiger charge is 2.18. The van der Waals surface area contributed by atoms with Gasteiger partial charge in [-0.25, -0.2) is 9.97 Å². The Labute approximate surface area is 167 Å². The summed E-state index contributed by atoms with van der Waals surface area (Å²) in [6.45, 7) is 2.75. The first kappa shape index (κ1) is 18.3. The molecule has 0 radical (unpaired) electrons. The Kier molecular flexibility index (Phi) is 4.90. The number of benzene rings is 1. The normalized spacial score (nSPS) is 12.4. The first-order chi connectivity index (χ1) is 13.6. The number of H-pyrrole nitrogens is 1. The molecule has 0 saturated carbocycles. The van der Waals surface area contributed by atoms with E-state index in [1.165, 1.54) is 0 Å². The van der Waals surface area contributed by atoms with Gasteiger partial charge in [-0.3, -0.25) is 4.40 Å². The Morgan fingerprint density at radius 2 is 2.29 bits per heavy atom. The summed E-state index contributed by atoms with van der Waals surface area (Å²) in [7, 11) is 0. The zero-order valence-corrected chi connectivity index (χ0v) is 16.2. The molecule has 1 aromatic carbocycles. The third-order valence-electron chi connectivity index (χ3n) is 4.77. The van der Waals surface area contributed by atoms with Crippen molar-refractivity contribution in [2.45, 2.75) is 25.8 Å². The van der Waals surface area contributed by atoms with Crippen LogP contribution in [0.3, 0.4) is 0 Å². The van der Waals surface area contributed by atoms with E-state index in [2.05, 4.69) is 28.3 Å². The second kappa shape index (κ2) is 7.50. The smallest absolute Gasteiger partial charge is 0.181 e. The number of fused-ring (bicyclic) bond motifs is 2. The lowest BCUT2D eigenvalue weighted by Crippen LogP contribution is -2.18. The third-order valence-corrected chi connectivity index (χ3v) is 5.13. The van der Waals surface area contributed by atoms with Gasteiger partial charge in [0.05, 0.1) is 11.6 Å². The fraction of sp³-hybridized carbons (Fsp3) is 0.250. The average Bonchev–Trinajstić information content (AvgIpc) is 3.35. The maximum absolute atomic E-state index is 9.12. The third kappa shape index (κ3) is 3.17. The molecular weight excluding hydrogens is 374 g/mol. The number of anilines is 1. The number of nitriles is 1. The Morgan fingerprint density at radius 3 is 3.07 bits per heavy atom. The quantitative estimate of drug-likeness (QED) is 0.459. The van der Waals surface area contributed by atoms with Crippen LogP contribution in [0.5, 0.6) is 0 Å². The monoisotopic (exact) mass is 393 g/mol. The van der Waals surface area contributed by atoms with Crippen LogP contribution in [0, 0.1) is 11.3 Å². The van der Waals surface area contributed by atoms with Gasteiger partial charge in [-0.1, -0.05) is 17.7 Å². The zero-order chi connectivity index (χ0) is 19.7. The Morgan fingerprint density at radius 1 is 1.43 bits per heavy atom. The fourth-order valence-electron chi connectivity index (χ4n) is 3.35. The van der Waals surface area contributed by atoms with Crippen molar-refractivity contribution in [2.75, 3.05) is 11.9 Å². The number of halogens is 1. The zero-order valence-electron chi connectivity index (χ0n) is 15.4. The van der Waals surface area contributed by atoms with Gasteiger partial charge in [0.1, 0.15) is 10.8 Å².